The second-order valence-corrected chi connectivity index (χ2v) is 9.44. The number of halogens is 3. The van der Waals surface area contributed by atoms with Gasteiger partial charge in [0.1, 0.15) is 11.5 Å². The van der Waals surface area contributed by atoms with Crippen LogP contribution >= 0.6 is 27.5 Å². The third kappa shape index (κ3) is 4.16. The number of hydrogen-bond donors (Lipinski definition) is 1. The molecule has 2 fully saturated rings. The van der Waals surface area contributed by atoms with E-state index in [9.17, 15) is 18.8 Å². The molecule has 1 N–H and O–H groups in total. The standard InChI is InChI=1S/C23H21BrClFN4O4/c1-13(20(31)34-2)28-22(33)29-9-7-23(8-10-29)19(18-6-3-14(24)12-27-18)30(21(23)32)15-4-5-17(26)16(25)11-15/h3-6,11-12,19H,1,7-10H2,2H3,(H,28,33). The molecule has 2 aliphatic rings. The third-order valence-corrected chi connectivity index (χ3v) is 7.03. The number of esters is 1. The van der Waals surface area contributed by atoms with Crippen molar-refractivity contribution in [1.82, 2.24) is 15.2 Å². The number of methoxy groups -OCH3 is 1. The van der Waals surface area contributed by atoms with Crippen LogP contribution in [0.2, 0.25) is 5.02 Å². The lowest BCUT2D eigenvalue weighted by atomic mass is 9.63. The van der Waals surface area contributed by atoms with Gasteiger partial charge in [0, 0.05) is 29.4 Å². The maximum absolute atomic E-state index is 13.7. The summed E-state index contributed by atoms with van der Waals surface area (Å²) in [4.78, 5) is 45.2. The van der Waals surface area contributed by atoms with E-state index in [2.05, 4.69) is 37.5 Å². The number of ether oxygens (including phenoxy) is 1. The molecule has 34 heavy (non-hydrogen) atoms. The minimum absolute atomic E-state index is 0.0777. The fraction of sp³-hybridized carbons (Fsp3) is 0.304. The molecule has 0 saturated carbocycles. The van der Waals surface area contributed by atoms with Crippen molar-refractivity contribution in [3.05, 3.63) is 69.8 Å². The van der Waals surface area contributed by atoms with E-state index in [0.717, 1.165) is 4.47 Å². The first-order valence-electron chi connectivity index (χ1n) is 10.4. The number of nitrogens with zero attached hydrogens (tertiary/aromatic N) is 3. The number of amides is 3. The number of nitrogens with one attached hydrogen (secondary N) is 1. The van der Waals surface area contributed by atoms with Gasteiger partial charge in [0.15, 0.2) is 0 Å². The lowest BCUT2D eigenvalue weighted by molar-refractivity contribution is -0.144. The van der Waals surface area contributed by atoms with E-state index in [1.165, 1.54) is 30.2 Å². The second-order valence-electron chi connectivity index (χ2n) is 8.12. The average Bonchev–Trinajstić information content (AvgIpc) is 2.84. The fourth-order valence-corrected chi connectivity index (χ4v) is 4.91. The van der Waals surface area contributed by atoms with Gasteiger partial charge in [-0.05, 0) is 59.1 Å². The molecule has 3 amide bonds. The number of likely N-dealkylation sites (tertiary alicyclic amines) is 1. The lowest BCUT2D eigenvalue weighted by Gasteiger charge is -2.58. The molecule has 2 saturated heterocycles. The van der Waals surface area contributed by atoms with Gasteiger partial charge in [-0.25, -0.2) is 14.0 Å². The molecule has 1 aromatic heterocycles. The van der Waals surface area contributed by atoms with Crippen LogP contribution in [0, 0.1) is 11.2 Å². The summed E-state index contributed by atoms with van der Waals surface area (Å²) >= 11 is 9.36. The summed E-state index contributed by atoms with van der Waals surface area (Å²) in [5.74, 6) is -1.44. The van der Waals surface area contributed by atoms with E-state index in [-0.39, 0.29) is 29.7 Å². The molecule has 3 heterocycles. The van der Waals surface area contributed by atoms with Gasteiger partial charge in [0.2, 0.25) is 5.91 Å². The van der Waals surface area contributed by atoms with Crippen molar-refractivity contribution in [3.8, 4) is 0 Å². The summed E-state index contributed by atoms with van der Waals surface area (Å²) in [5.41, 5.74) is 0.216. The van der Waals surface area contributed by atoms with Gasteiger partial charge >= 0.3 is 12.0 Å². The molecule has 1 aromatic carbocycles. The van der Waals surface area contributed by atoms with E-state index in [1.807, 2.05) is 12.1 Å². The molecule has 0 bridgehead atoms. The molecule has 2 aromatic rings. The van der Waals surface area contributed by atoms with E-state index in [1.54, 1.807) is 11.1 Å². The first-order valence-corrected chi connectivity index (χ1v) is 11.6. The molecule has 0 aliphatic carbocycles. The van der Waals surface area contributed by atoms with E-state index >= 15 is 0 Å². The number of aromatic nitrogens is 1. The second kappa shape index (κ2) is 9.34. The molecular weight excluding hydrogens is 531 g/mol. The predicted octanol–water partition coefficient (Wildman–Crippen LogP) is 4.20. The topological polar surface area (TPSA) is 91.8 Å². The van der Waals surface area contributed by atoms with Crippen LogP contribution in [0.4, 0.5) is 14.9 Å². The number of carbonyl (C=O) groups is 3. The first kappa shape index (κ1) is 24.2. The van der Waals surface area contributed by atoms with Gasteiger partial charge in [-0.1, -0.05) is 18.2 Å². The summed E-state index contributed by atoms with van der Waals surface area (Å²) in [6.45, 7) is 4.08. The van der Waals surface area contributed by atoms with Crippen LogP contribution < -0.4 is 10.2 Å². The minimum atomic E-state index is -0.780. The number of pyridine rings is 1. The summed E-state index contributed by atoms with van der Waals surface area (Å²) in [6.07, 6.45) is 2.43. The predicted molar refractivity (Wildman–Crippen MR) is 127 cm³/mol. The molecule has 1 atom stereocenters. The zero-order chi connectivity index (χ0) is 24.6. The molecule has 11 heteroatoms. The Morgan fingerprint density at radius 3 is 2.59 bits per heavy atom. The Labute approximate surface area is 208 Å². The van der Waals surface area contributed by atoms with Gasteiger partial charge < -0.3 is 19.9 Å². The molecule has 1 unspecified atom stereocenters. The number of β-lactam (4-membered cyclic amide) rings is 1. The van der Waals surface area contributed by atoms with Gasteiger partial charge in [-0.15, -0.1) is 0 Å². The highest BCUT2D eigenvalue weighted by molar-refractivity contribution is 9.10. The normalized spacial score (nSPS) is 18.9. The van der Waals surface area contributed by atoms with Crippen molar-refractivity contribution in [3.63, 3.8) is 0 Å². The van der Waals surface area contributed by atoms with Crippen molar-refractivity contribution < 1.29 is 23.5 Å². The number of hydrogen-bond acceptors (Lipinski definition) is 5. The summed E-state index contributed by atoms with van der Waals surface area (Å²) in [7, 11) is 1.20. The van der Waals surface area contributed by atoms with E-state index in [4.69, 9.17) is 11.6 Å². The monoisotopic (exact) mass is 550 g/mol. The molecule has 1 spiro atoms. The number of anilines is 1. The van der Waals surface area contributed by atoms with E-state index in [0.29, 0.717) is 24.2 Å². The fourth-order valence-electron chi connectivity index (χ4n) is 4.50. The van der Waals surface area contributed by atoms with Gasteiger partial charge in [0.25, 0.3) is 0 Å². The maximum Gasteiger partial charge on any atom is 0.353 e. The summed E-state index contributed by atoms with van der Waals surface area (Å²) in [6, 6.07) is 6.94. The number of benzene rings is 1. The van der Waals surface area contributed by atoms with Crippen molar-refractivity contribution in [1.29, 1.82) is 0 Å². The van der Waals surface area contributed by atoms with E-state index < -0.39 is 29.3 Å². The van der Waals surface area contributed by atoms with Crippen molar-refractivity contribution in [2.24, 2.45) is 5.41 Å². The molecular formula is C23H21BrClFN4O4. The quantitative estimate of drug-likeness (QED) is 0.349. The van der Waals surface area contributed by atoms with Crippen LogP contribution in [0.5, 0.6) is 0 Å². The Balaban J connectivity index is 1.58. The van der Waals surface area contributed by atoms with Crippen LogP contribution in [-0.2, 0) is 14.3 Å². The zero-order valence-electron chi connectivity index (χ0n) is 18.2. The Morgan fingerprint density at radius 1 is 1.29 bits per heavy atom. The molecule has 0 radical (unpaired) electrons. The lowest BCUT2D eigenvalue weighted by Crippen LogP contribution is -2.67. The average molecular weight is 552 g/mol. The van der Waals surface area contributed by atoms with Crippen molar-refractivity contribution >= 4 is 51.1 Å². The Kier molecular flexibility index (Phi) is 6.64. The first-order chi connectivity index (χ1) is 16.2. The van der Waals surface area contributed by atoms with Gasteiger partial charge in [-0.3, -0.25) is 9.78 Å². The van der Waals surface area contributed by atoms with Crippen LogP contribution in [0.25, 0.3) is 0 Å². The highest BCUT2D eigenvalue weighted by Crippen LogP contribution is 2.57. The molecule has 178 valence electrons. The van der Waals surface area contributed by atoms with Crippen molar-refractivity contribution in [2.75, 3.05) is 25.1 Å². The van der Waals surface area contributed by atoms with Crippen LogP contribution in [0.1, 0.15) is 24.6 Å². The largest absolute Gasteiger partial charge is 0.464 e. The molecule has 2 aliphatic heterocycles. The highest BCUT2D eigenvalue weighted by Gasteiger charge is 2.62. The van der Waals surface area contributed by atoms with Crippen LogP contribution in [0.3, 0.4) is 0 Å². The SMILES string of the molecule is C=C(NC(=O)N1CCC2(CC1)C(=O)N(c1ccc(F)c(Cl)c1)C2c1ccc(Br)cn1)C(=O)OC. The molecule has 4 rings (SSSR count). The van der Waals surface area contributed by atoms with Crippen LogP contribution in [0.15, 0.2) is 53.3 Å². The Morgan fingerprint density at radius 2 is 2.00 bits per heavy atom. The van der Waals surface area contributed by atoms with Crippen molar-refractivity contribution in [2.45, 2.75) is 18.9 Å². The minimum Gasteiger partial charge on any atom is -0.464 e. The number of rotatable bonds is 4. The maximum atomic E-state index is 13.7. The van der Waals surface area contributed by atoms with Gasteiger partial charge in [-0.2, -0.15) is 0 Å². The number of carbonyl (C=O) groups excluding carboxylic acids is 3. The Hall–Kier alpha value is -2.98. The number of piperidine rings is 1. The molecule has 8 nitrogen and oxygen atoms in total. The third-order valence-electron chi connectivity index (χ3n) is 6.27. The van der Waals surface area contributed by atoms with Gasteiger partial charge in [0.05, 0.1) is 29.3 Å². The summed E-state index contributed by atoms with van der Waals surface area (Å²) in [5, 5.41) is 2.35. The number of urea groups is 1. The highest BCUT2D eigenvalue weighted by atomic mass is 79.9. The zero-order valence-corrected chi connectivity index (χ0v) is 20.5. The smallest absolute Gasteiger partial charge is 0.353 e. The Bertz CT molecular complexity index is 1170. The summed E-state index contributed by atoms with van der Waals surface area (Å²) < 4.78 is 19.1. The van der Waals surface area contributed by atoms with Crippen LogP contribution in [-0.4, -0.2) is 48.0 Å².